The molecule has 0 saturated carbocycles. The Balaban J connectivity index is 1.75. The van der Waals surface area contributed by atoms with Gasteiger partial charge in [-0.25, -0.2) is 18.2 Å². The van der Waals surface area contributed by atoms with Crippen LogP contribution in [-0.4, -0.2) is 61.6 Å². The summed E-state index contributed by atoms with van der Waals surface area (Å²) in [5.74, 6) is -1.45. The Morgan fingerprint density at radius 2 is 2.07 bits per heavy atom. The summed E-state index contributed by atoms with van der Waals surface area (Å²) in [6.45, 7) is 0. The molecule has 0 aliphatic carbocycles. The van der Waals surface area contributed by atoms with E-state index in [0.29, 0.717) is 12.1 Å². The van der Waals surface area contributed by atoms with Gasteiger partial charge in [-0.3, -0.25) is 9.59 Å². The third-order valence-corrected chi connectivity index (χ3v) is 6.17. The minimum Gasteiger partial charge on any atom is -0.465 e. The number of methoxy groups -OCH3 is 1. The lowest BCUT2D eigenvalue weighted by Gasteiger charge is -2.27. The molecule has 0 spiro atoms. The molecule has 1 unspecified atom stereocenters. The number of esters is 1. The number of amides is 2. The van der Waals surface area contributed by atoms with Gasteiger partial charge in [0.25, 0.3) is 5.91 Å². The van der Waals surface area contributed by atoms with Crippen molar-refractivity contribution >= 4 is 39.0 Å². The standard InChI is InChI=1S/C17H19N3O6S/c1-26-17(23)11-3-2-4-12(9-11)18-16(22)14-5-6-15(21)20(19-14)13-7-8-27(24,25)10-13/h2-4,9,13H,5-8,10H2,1H3,(H,18,22). The molecule has 1 aromatic carbocycles. The maximum atomic E-state index is 12.5. The molecule has 9 nitrogen and oxygen atoms in total. The first kappa shape index (κ1) is 19.0. The lowest BCUT2D eigenvalue weighted by Crippen LogP contribution is -2.42. The molecule has 0 radical (unpaired) electrons. The van der Waals surface area contributed by atoms with E-state index < -0.39 is 27.8 Å². The van der Waals surface area contributed by atoms with Crippen molar-refractivity contribution in [3.8, 4) is 0 Å². The number of ether oxygens (including phenoxy) is 1. The van der Waals surface area contributed by atoms with Gasteiger partial charge < -0.3 is 10.1 Å². The summed E-state index contributed by atoms with van der Waals surface area (Å²) in [7, 11) is -1.91. The molecule has 1 fully saturated rings. The molecule has 2 aliphatic rings. The number of anilines is 1. The molecule has 27 heavy (non-hydrogen) atoms. The van der Waals surface area contributed by atoms with E-state index in [1.165, 1.54) is 13.2 Å². The minimum atomic E-state index is -3.18. The molecule has 1 atom stereocenters. The number of hydrogen-bond donors (Lipinski definition) is 1. The monoisotopic (exact) mass is 393 g/mol. The highest BCUT2D eigenvalue weighted by Gasteiger charge is 2.37. The largest absolute Gasteiger partial charge is 0.465 e. The highest BCUT2D eigenvalue weighted by Crippen LogP contribution is 2.22. The van der Waals surface area contributed by atoms with Gasteiger partial charge in [0.05, 0.1) is 30.2 Å². The Hall–Kier alpha value is -2.75. The number of hydrazone groups is 1. The predicted octanol–water partition coefficient (Wildman–Crippen LogP) is 0.577. The normalized spacial score (nSPS) is 21.5. The fraction of sp³-hybridized carbons (Fsp3) is 0.412. The summed E-state index contributed by atoms with van der Waals surface area (Å²) in [6.07, 6.45) is 0.565. The van der Waals surface area contributed by atoms with Crippen molar-refractivity contribution in [2.45, 2.75) is 25.3 Å². The van der Waals surface area contributed by atoms with Crippen LogP contribution < -0.4 is 5.32 Å². The van der Waals surface area contributed by atoms with Crippen LogP contribution >= 0.6 is 0 Å². The summed E-state index contributed by atoms with van der Waals surface area (Å²) >= 11 is 0. The number of hydrogen-bond acceptors (Lipinski definition) is 7. The fourth-order valence-corrected chi connectivity index (χ4v) is 4.73. The zero-order valence-corrected chi connectivity index (χ0v) is 15.5. The van der Waals surface area contributed by atoms with Gasteiger partial charge >= 0.3 is 5.97 Å². The quantitative estimate of drug-likeness (QED) is 0.747. The summed E-state index contributed by atoms with van der Waals surface area (Å²) in [4.78, 5) is 36.2. The number of rotatable bonds is 4. The number of carbonyl (C=O) groups is 3. The van der Waals surface area contributed by atoms with Gasteiger partial charge in [-0.2, -0.15) is 5.10 Å². The minimum absolute atomic E-state index is 0.0127. The topological polar surface area (TPSA) is 122 Å². The molecular weight excluding hydrogens is 374 g/mol. The second-order valence-electron chi connectivity index (χ2n) is 6.37. The summed E-state index contributed by atoms with van der Waals surface area (Å²) in [5, 5.41) is 7.88. The molecular formula is C17H19N3O6S. The van der Waals surface area contributed by atoms with Crippen LogP contribution in [0.5, 0.6) is 0 Å². The molecule has 1 aromatic rings. The van der Waals surface area contributed by atoms with Crippen molar-refractivity contribution in [1.29, 1.82) is 0 Å². The third kappa shape index (κ3) is 4.33. The van der Waals surface area contributed by atoms with Crippen LogP contribution in [0.3, 0.4) is 0 Å². The van der Waals surface area contributed by atoms with Crippen LogP contribution in [0.1, 0.15) is 29.6 Å². The van der Waals surface area contributed by atoms with Gasteiger partial charge in [0.1, 0.15) is 5.71 Å². The van der Waals surface area contributed by atoms with Crippen molar-refractivity contribution in [1.82, 2.24) is 5.01 Å². The number of nitrogens with zero attached hydrogens (tertiary/aromatic N) is 2. The van der Waals surface area contributed by atoms with Crippen molar-refractivity contribution in [2.75, 3.05) is 23.9 Å². The van der Waals surface area contributed by atoms with E-state index >= 15 is 0 Å². The summed E-state index contributed by atoms with van der Waals surface area (Å²) < 4.78 is 28.0. The zero-order valence-electron chi connectivity index (χ0n) is 14.7. The maximum Gasteiger partial charge on any atom is 0.337 e. The molecule has 0 aromatic heterocycles. The third-order valence-electron chi connectivity index (χ3n) is 4.42. The average Bonchev–Trinajstić information content (AvgIpc) is 3.01. The first-order valence-electron chi connectivity index (χ1n) is 8.39. The Labute approximate surface area is 156 Å². The van der Waals surface area contributed by atoms with Gasteiger partial charge in [-0.15, -0.1) is 0 Å². The molecule has 3 rings (SSSR count). The Morgan fingerprint density at radius 1 is 1.30 bits per heavy atom. The van der Waals surface area contributed by atoms with Gasteiger partial charge in [0.2, 0.25) is 5.91 Å². The van der Waals surface area contributed by atoms with Crippen molar-refractivity contribution in [3.63, 3.8) is 0 Å². The van der Waals surface area contributed by atoms with E-state index in [0.717, 1.165) is 5.01 Å². The Morgan fingerprint density at radius 3 is 2.74 bits per heavy atom. The molecule has 144 valence electrons. The van der Waals surface area contributed by atoms with E-state index in [2.05, 4.69) is 15.2 Å². The van der Waals surface area contributed by atoms with Crippen LogP contribution in [-0.2, 0) is 24.2 Å². The molecule has 1 saturated heterocycles. The van der Waals surface area contributed by atoms with Crippen molar-refractivity contribution in [2.24, 2.45) is 5.10 Å². The second kappa shape index (κ2) is 7.47. The van der Waals surface area contributed by atoms with Crippen LogP contribution in [0.15, 0.2) is 29.4 Å². The molecule has 1 N–H and O–H groups in total. The highest BCUT2D eigenvalue weighted by molar-refractivity contribution is 7.91. The van der Waals surface area contributed by atoms with Crippen molar-refractivity contribution < 1.29 is 27.5 Å². The number of nitrogens with one attached hydrogen (secondary N) is 1. The van der Waals surface area contributed by atoms with Crippen molar-refractivity contribution in [3.05, 3.63) is 29.8 Å². The zero-order chi connectivity index (χ0) is 19.6. The van der Waals surface area contributed by atoms with Crippen LogP contribution in [0.25, 0.3) is 0 Å². The lowest BCUT2D eigenvalue weighted by molar-refractivity contribution is -0.133. The van der Waals surface area contributed by atoms with Crippen LogP contribution in [0.2, 0.25) is 0 Å². The predicted molar refractivity (Wildman–Crippen MR) is 97.0 cm³/mol. The van der Waals surface area contributed by atoms with Gasteiger partial charge in [0, 0.05) is 18.5 Å². The average molecular weight is 393 g/mol. The van der Waals surface area contributed by atoms with E-state index in [-0.39, 0.29) is 41.5 Å². The number of sulfone groups is 1. The van der Waals surface area contributed by atoms with E-state index in [9.17, 15) is 22.8 Å². The molecule has 10 heteroatoms. The maximum absolute atomic E-state index is 12.5. The lowest BCUT2D eigenvalue weighted by atomic mass is 10.1. The van der Waals surface area contributed by atoms with Crippen LogP contribution in [0.4, 0.5) is 5.69 Å². The smallest absolute Gasteiger partial charge is 0.337 e. The summed E-state index contributed by atoms with van der Waals surface area (Å²) in [6, 6.07) is 5.71. The summed E-state index contributed by atoms with van der Waals surface area (Å²) in [5.41, 5.74) is 0.814. The first-order valence-corrected chi connectivity index (χ1v) is 10.2. The highest BCUT2D eigenvalue weighted by atomic mass is 32.2. The molecule has 2 amide bonds. The van der Waals surface area contributed by atoms with E-state index in [1.807, 2.05) is 0 Å². The van der Waals surface area contributed by atoms with E-state index in [4.69, 9.17) is 0 Å². The Bertz CT molecular complexity index is 924. The Kier molecular flexibility index (Phi) is 5.26. The van der Waals surface area contributed by atoms with Gasteiger partial charge in [-0.1, -0.05) is 6.07 Å². The SMILES string of the molecule is COC(=O)c1cccc(NC(=O)C2=NN(C3CCS(=O)(=O)C3)C(=O)CC2)c1. The molecule has 2 heterocycles. The second-order valence-corrected chi connectivity index (χ2v) is 8.60. The molecule has 2 aliphatic heterocycles. The van der Waals surface area contributed by atoms with Gasteiger partial charge in [-0.05, 0) is 24.6 Å². The van der Waals surface area contributed by atoms with E-state index in [1.54, 1.807) is 18.2 Å². The number of benzene rings is 1. The van der Waals surface area contributed by atoms with Gasteiger partial charge in [0.15, 0.2) is 9.84 Å². The molecule has 0 bridgehead atoms. The van der Waals surface area contributed by atoms with Crippen LogP contribution in [0, 0.1) is 0 Å². The first-order chi connectivity index (χ1) is 12.8. The number of carbonyl (C=O) groups excluding carboxylic acids is 3. The fourth-order valence-electron chi connectivity index (χ4n) is 3.03.